The Bertz CT molecular complexity index is 1240. The Balaban J connectivity index is 1.46. The number of allylic oxidation sites excluding steroid dienone is 2. The highest BCUT2D eigenvalue weighted by Gasteiger charge is 2.53. The van der Waals surface area contributed by atoms with Gasteiger partial charge in [-0.25, -0.2) is 0 Å². The largest absolute Gasteiger partial charge is 0.459 e. The third-order valence-corrected chi connectivity index (χ3v) is 8.28. The third kappa shape index (κ3) is 4.92. The monoisotopic (exact) mass is 502 g/mol. The molecule has 2 heterocycles. The summed E-state index contributed by atoms with van der Waals surface area (Å²) in [5, 5.41) is 20.1. The molecule has 1 aromatic carbocycles. The van der Waals surface area contributed by atoms with Crippen molar-refractivity contribution in [3.8, 4) is 0 Å². The maximum absolute atomic E-state index is 13.7. The van der Waals surface area contributed by atoms with Crippen LogP contribution in [0.5, 0.6) is 0 Å². The highest BCUT2D eigenvalue weighted by molar-refractivity contribution is 6.43. The first-order valence-corrected chi connectivity index (χ1v) is 13.6. The van der Waals surface area contributed by atoms with Crippen molar-refractivity contribution in [3.63, 3.8) is 0 Å². The fourth-order valence-electron chi connectivity index (χ4n) is 6.63. The molecule has 3 aliphatic rings. The van der Waals surface area contributed by atoms with E-state index in [1.165, 1.54) is 11.1 Å². The molecule has 4 atom stereocenters. The Hall–Kier alpha value is -2.74. The fourth-order valence-corrected chi connectivity index (χ4v) is 6.63. The minimum atomic E-state index is -0.966. The third-order valence-electron chi connectivity index (χ3n) is 8.28. The number of benzene rings is 1. The maximum Gasteiger partial charge on any atom is 0.455 e. The zero-order chi connectivity index (χ0) is 26.1. The van der Waals surface area contributed by atoms with Crippen LogP contribution in [-0.4, -0.2) is 34.9 Å². The van der Waals surface area contributed by atoms with E-state index in [1.807, 2.05) is 24.3 Å². The zero-order valence-corrected chi connectivity index (χ0v) is 21.6. The number of hydrogen-bond donors (Lipinski definition) is 2. The van der Waals surface area contributed by atoms with E-state index in [2.05, 4.69) is 13.8 Å². The fraction of sp³-hybridized carbons (Fsp3) is 0.467. The van der Waals surface area contributed by atoms with Gasteiger partial charge in [-0.1, -0.05) is 55.7 Å². The number of carbonyl (C=O) groups is 2. The van der Waals surface area contributed by atoms with Crippen LogP contribution < -0.4 is 0 Å². The van der Waals surface area contributed by atoms with Gasteiger partial charge in [-0.05, 0) is 68.1 Å². The highest BCUT2D eigenvalue weighted by Crippen LogP contribution is 2.51. The van der Waals surface area contributed by atoms with Crippen molar-refractivity contribution in [2.75, 3.05) is 0 Å². The van der Waals surface area contributed by atoms with Crippen LogP contribution in [0.25, 0.3) is 6.08 Å². The molecule has 2 N–H and O–H groups in total. The van der Waals surface area contributed by atoms with Gasteiger partial charge in [0.15, 0.2) is 11.6 Å². The summed E-state index contributed by atoms with van der Waals surface area (Å²) in [7, 11) is -0.966. The van der Waals surface area contributed by atoms with E-state index in [0.717, 1.165) is 31.3 Å². The topological polar surface area (TPSA) is 97.0 Å². The standard InChI is InChI=1S/C30H35BO6/c1-3-7-19-15-24-28(30(34)23-9-6-5-8-22(23)29(24)33)25-16-31(35)37-26(27(19)25)13-10-18(4-2)14-20-11-12-21(17-32)36-20/h5-6,8-9,11-12,14,24-26,28,32,35H,3-4,7,10,13,15-17H2,1-2H3/b18-14+/t24-,25+,26-,28-/m1/s1. The van der Waals surface area contributed by atoms with Crippen LogP contribution in [0.15, 0.2) is 57.5 Å². The van der Waals surface area contributed by atoms with Crippen LogP contribution in [-0.2, 0) is 11.3 Å². The number of ketones is 2. The van der Waals surface area contributed by atoms with Crippen LogP contribution in [0, 0.1) is 17.8 Å². The Morgan fingerprint density at radius 2 is 1.84 bits per heavy atom. The first-order valence-electron chi connectivity index (χ1n) is 13.6. The van der Waals surface area contributed by atoms with Gasteiger partial charge in [-0.15, -0.1) is 0 Å². The van der Waals surface area contributed by atoms with Crippen molar-refractivity contribution in [1.29, 1.82) is 0 Å². The van der Waals surface area contributed by atoms with Gasteiger partial charge in [0.2, 0.25) is 0 Å². The number of carbonyl (C=O) groups excluding carboxylic acids is 2. The van der Waals surface area contributed by atoms with Crippen molar-refractivity contribution >= 4 is 24.8 Å². The number of fused-ring (bicyclic) bond motifs is 4. The van der Waals surface area contributed by atoms with Gasteiger partial charge in [0.1, 0.15) is 18.1 Å². The zero-order valence-electron chi connectivity index (χ0n) is 21.6. The summed E-state index contributed by atoms with van der Waals surface area (Å²) < 4.78 is 11.8. The van der Waals surface area contributed by atoms with Gasteiger partial charge >= 0.3 is 7.12 Å². The average molecular weight is 502 g/mol. The number of hydrogen-bond acceptors (Lipinski definition) is 6. The first kappa shape index (κ1) is 25.9. The summed E-state index contributed by atoms with van der Waals surface area (Å²) >= 11 is 0. The predicted molar refractivity (Wildman–Crippen MR) is 142 cm³/mol. The second kappa shape index (κ2) is 10.9. The second-order valence-electron chi connectivity index (χ2n) is 10.5. The quantitative estimate of drug-likeness (QED) is 0.358. The molecule has 1 saturated heterocycles. The van der Waals surface area contributed by atoms with E-state index in [1.54, 1.807) is 18.2 Å². The minimum absolute atomic E-state index is 0.0257. The van der Waals surface area contributed by atoms with Gasteiger partial charge in [-0.3, -0.25) is 9.59 Å². The molecule has 0 amide bonds. The SMILES string of the molecule is CCCC1=C2[C@@H](CC/C(=C/c3ccc(CO)o3)CC)OB(O)C[C@@H]2[C@@H]2C(=O)c3ccccc3C(=O)[C@@H]2C1. The number of rotatable bonds is 8. The van der Waals surface area contributed by atoms with E-state index >= 15 is 0 Å². The highest BCUT2D eigenvalue weighted by atomic mass is 16.5. The molecule has 2 aromatic rings. The lowest BCUT2D eigenvalue weighted by molar-refractivity contribution is 0.0598. The number of furan rings is 1. The summed E-state index contributed by atoms with van der Waals surface area (Å²) in [6.45, 7) is 4.10. The molecule has 0 saturated carbocycles. The van der Waals surface area contributed by atoms with E-state index in [0.29, 0.717) is 41.8 Å². The molecule has 194 valence electrons. The Labute approximate surface area is 218 Å². The number of aliphatic hydroxyl groups excluding tert-OH is 1. The molecule has 2 aliphatic carbocycles. The Morgan fingerprint density at radius 3 is 2.51 bits per heavy atom. The number of aliphatic hydroxyl groups is 1. The van der Waals surface area contributed by atoms with E-state index in [4.69, 9.17) is 9.07 Å². The van der Waals surface area contributed by atoms with Crippen molar-refractivity contribution in [3.05, 3.63) is 75.8 Å². The van der Waals surface area contributed by atoms with Crippen molar-refractivity contribution in [1.82, 2.24) is 0 Å². The first-order chi connectivity index (χ1) is 17.9. The van der Waals surface area contributed by atoms with Crippen LogP contribution in [0.4, 0.5) is 0 Å². The molecule has 1 aromatic heterocycles. The van der Waals surface area contributed by atoms with E-state index in [9.17, 15) is 19.7 Å². The molecule has 1 aliphatic heterocycles. The summed E-state index contributed by atoms with van der Waals surface area (Å²) in [6, 6.07) is 10.8. The van der Waals surface area contributed by atoms with Crippen LogP contribution in [0.1, 0.15) is 84.6 Å². The summed E-state index contributed by atoms with van der Waals surface area (Å²) in [5.41, 5.74) is 4.61. The normalized spacial score (nSPS) is 25.7. The molecule has 0 radical (unpaired) electrons. The Kier molecular flexibility index (Phi) is 7.66. The van der Waals surface area contributed by atoms with Gasteiger partial charge in [0.25, 0.3) is 0 Å². The summed E-state index contributed by atoms with van der Waals surface area (Å²) in [6.07, 6.45) is 6.72. The molecule has 37 heavy (non-hydrogen) atoms. The second-order valence-corrected chi connectivity index (χ2v) is 10.5. The lowest BCUT2D eigenvalue weighted by Gasteiger charge is -2.47. The molecule has 0 bridgehead atoms. The van der Waals surface area contributed by atoms with Crippen molar-refractivity contribution in [2.24, 2.45) is 17.8 Å². The molecule has 5 rings (SSSR count). The molecule has 0 spiro atoms. The summed E-state index contributed by atoms with van der Waals surface area (Å²) in [4.78, 5) is 27.3. The van der Waals surface area contributed by atoms with Crippen LogP contribution in [0.3, 0.4) is 0 Å². The molecule has 0 unspecified atom stereocenters. The van der Waals surface area contributed by atoms with Gasteiger partial charge in [0.05, 0.1) is 6.10 Å². The molecular weight excluding hydrogens is 467 g/mol. The van der Waals surface area contributed by atoms with Gasteiger partial charge < -0.3 is 19.2 Å². The van der Waals surface area contributed by atoms with E-state index < -0.39 is 13.0 Å². The minimum Gasteiger partial charge on any atom is -0.459 e. The molecular formula is C30H35BO6. The van der Waals surface area contributed by atoms with Crippen molar-refractivity contribution in [2.45, 2.75) is 71.4 Å². The van der Waals surface area contributed by atoms with Crippen LogP contribution >= 0.6 is 0 Å². The molecule has 6 nitrogen and oxygen atoms in total. The Morgan fingerprint density at radius 1 is 1.08 bits per heavy atom. The lowest BCUT2D eigenvalue weighted by Crippen LogP contribution is -2.50. The van der Waals surface area contributed by atoms with E-state index in [-0.39, 0.29) is 36.1 Å². The smallest absolute Gasteiger partial charge is 0.455 e. The molecule has 1 fully saturated rings. The number of Topliss-reactive ketones (excluding diaryl/α,β-unsaturated/α-hetero) is 2. The van der Waals surface area contributed by atoms with Crippen LogP contribution in [0.2, 0.25) is 6.32 Å². The lowest BCUT2D eigenvalue weighted by atomic mass is 9.54. The summed E-state index contributed by atoms with van der Waals surface area (Å²) in [5.74, 6) is 0.322. The predicted octanol–water partition coefficient (Wildman–Crippen LogP) is 5.65. The molecule has 7 heteroatoms. The van der Waals surface area contributed by atoms with Gasteiger partial charge in [0, 0.05) is 23.0 Å². The average Bonchev–Trinajstić information content (AvgIpc) is 3.36. The van der Waals surface area contributed by atoms with Crippen molar-refractivity contribution < 1.29 is 28.8 Å². The maximum atomic E-state index is 13.7. The van der Waals surface area contributed by atoms with Gasteiger partial charge in [-0.2, -0.15) is 0 Å².